The number of aromatic hydroxyl groups is 2. The Morgan fingerprint density at radius 2 is 1.94 bits per heavy atom. The summed E-state index contributed by atoms with van der Waals surface area (Å²) in [6, 6.07) is 8.98. The van der Waals surface area contributed by atoms with Crippen molar-refractivity contribution in [3.8, 4) is 11.5 Å². The van der Waals surface area contributed by atoms with Crippen molar-refractivity contribution in [3.63, 3.8) is 0 Å². The minimum Gasteiger partial charge on any atom is -0.504 e. The number of benzene rings is 2. The first kappa shape index (κ1) is 22.3. The van der Waals surface area contributed by atoms with Gasteiger partial charge in [0, 0.05) is 18.2 Å². The van der Waals surface area contributed by atoms with E-state index in [1.807, 2.05) is 0 Å². The summed E-state index contributed by atoms with van der Waals surface area (Å²) >= 11 is 6.37. The number of ether oxygens (including phenoxy) is 1. The molecule has 0 aromatic heterocycles. The molecule has 0 radical (unpaired) electrons. The fourth-order valence-corrected chi connectivity index (χ4v) is 6.37. The van der Waals surface area contributed by atoms with Crippen molar-refractivity contribution in [2.45, 2.75) is 36.9 Å². The fraction of sp³-hybridized carbons (Fsp3) is 0.400. The molecule has 0 saturated carbocycles. The van der Waals surface area contributed by atoms with Gasteiger partial charge in [0.15, 0.2) is 11.5 Å². The number of carbonyl (C=O) groups excluding carboxylic acids is 3. The van der Waals surface area contributed by atoms with Gasteiger partial charge in [-0.3, -0.25) is 24.6 Å². The van der Waals surface area contributed by atoms with Gasteiger partial charge in [-0.15, -0.1) is 0 Å². The third-order valence-corrected chi connectivity index (χ3v) is 8.01. The van der Waals surface area contributed by atoms with Crippen LogP contribution in [0.1, 0.15) is 24.0 Å². The predicted octanol–water partition coefficient (Wildman–Crippen LogP) is 1.89. The number of carbonyl (C=O) groups is 3. The maximum Gasteiger partial charge on any atom is 0.250 e. The van der Waals surface area contributed by atoms with Crippen LogP contribution in [0.2, 0.25) is 5.02 Å². The van der Waals surface area contributed by atoms with E-state index >= 15 is 0 Å². The molecule has 35 heavy (non-hydrogen) atoms. The standard InChI is InChI=1S/C25H24ClN3O6/c26-15-5-1-4-14-21(15)27-24(34)25(14)20-19(16(28-25)9-12-6-7-17(30)18(31)10-12)22(32)29(23(20)33)11-13-3-2-8-35-13/h1,4-7,10,13,16,19-20,28,30-31H,2-3,8-9,11H2,(H,27,34)/t13-,16-,19-,20+,25+/m0/s1. The van der Waals surface area contributed by atoms with Crippen molar-refractivity contribution in [1.82, 2.24) is 10.2 Å². The number of anilines is 1. The fourth-order valence-electron chi connectivity index (χ4n) is 6.15. The van der Waals surface area contributed by atoms with E-state index in [0.29, 0.717) is 28.4 Å². The highest BCUT2D eigenvalue weighted by Crippen LogP contribution is 2.54. The van der Waals surface area contributed by atoms with Gasteiger partial charge in [-0.25, -0.2) is 0 Å². The first-order valence-corrected chi connectivity index (χ1v) is 12.0. The van der Waals surface area contributed by atoms with E-state index in [-0.39, 0.29) is 36.5 Å². The molecule has 2 aromatic rings. The number of amides is 3. The van der Waals surface area contributed by atoms with Crippen LogP contribution in [0.3, 0.4) is 0 Å². The molecule has 3 amide bonds. The number of nitrogens with one attached hydrogen (secondary N) is 2. The van der Waals surface area contributed by atoms with Crippen molar-refractivity contribution in [1.29, 1.82) is 0 Å². The number of likely N-dealkylation sites (tertiary alicyclic amines) is 1. The van der Waals surface area contributed by atoms with Crippen LogP contribution in [0.4, 0.5) is 5.69 Å². The van der Waals surface area contributed by atoms with Crippen molar-refractivity contribution < 1.29 is 29.3 Å². The van der Waals surface area contributed by atoms with Crippen LogP contribution >= 0.6 is 11.6 Å². The number of halogens is 1. The number of phenols is 2. The Kier molecular flexibility index (Phi) is 5.07. The quantitative estimate of drug-likeness (QED) is 0.375. The third kappa shape index (κ3) is 3.18. The number of rotatable bonds is 4. The minimum atomic E-state index is -1.45. The Morgan fingerprint density at radius 3 is 2.69 bits per heavy atom. The summed E-state index contributed by atoms with van der Waals surface area (Å²) in [7, 11) is 0. The smallest absolute Gasteiger partial charge is 0.250 e. The van der Waals surface area contributed by atoms with Gasteiger partial charge in [0.2, 0.25) is 17.7 Å². The molecule has 2 aromatic carbocycles. The molecule has 6 rings (SSSR count). The maximum atomic E-state index is 13.8. The van der Waals surface area contributed by atoms with Crippen LogP contribution in [0.5, 0.6) is 11.5 Å². The number of imide groups is 1. The summed E-state index contributed by atoms with van der Waals surface area (Å²) in [6.07, 6.45) is 1.69. The summed E-state index contributed by atoms with van der Waals surface area (Å²) < 4.78 is 5.68. The molecular weight excluding hydrogens is 474 g/mol. The lowest BCUT2D eigenvalue weighted by molar-refractivity contribution is -0.144. The number of phenolic OH excluding ortho intramolecular Hbond substituents is 2. The second-order valence-corrected chi connectivity index (χ2v) is 10.0. The molecule has 5 atom stereocenters. The average Bonchev–Trinajstić information content (AvgIpc) is 3.57. The van der Waals surface area contributed by atoms with Gasteiger partial charge >= 0.3 is 0 Å². The van der Waals surface area contributed by atoms with Gasteiger partial charge in [0.25, 0.3) is 0 Å². The molecular formula is C25H24ClN3O6. The van der Waals surface area contributed by atoms with E-state index in [4.69, 9.17) is 16.3 Å². The molecule has 4 heterocycles. The highest BCUT2D eigenvalue weighted by molar-refractivity contribution is 6.35. The van der Waals surface area contributed by atoms with Crippen molar-refractivity contribution >= 4 is 35.0 Å². The summed E-state index contributed by atoms with van der Waals surface area (Å²) in [5.41, 5.74) is 0.176. The largest absolute Gasteiger partial charge is 0.504 e. The van der Waals surface area contributed by atoms with E-state index in [0.717, 1.165) is 12.8 Å². The summed E-state index contributed by atoms with van der Waals surface area (Å²) in [5.74, 6) is -3.44. The zero-order valence-electron chi connectivity index (χ0n) is 18.7. The molecule has 0 aliphatic carbocycles. The van der Waals surface area contributed by atoms with E-state index in [9.17, 15) is 24.6 Å². The first-order valence-electron chi connectivity index (χ1n) is 11.7. The number of nitrogens with zero attached hydrogens (tertiary/aromatic N) is 1. The Balaban J connectivity index is 1.43. The van der Waals surface area contributed by atoms with Crippen LogP contribution in [-0.4, -0.2) is 58.1 Å². The van der Waals surface area contributed by atoms with Crippen molar-refractivity contribution in [2.24, 2.45) is 11.8 Å². The number of fused-ring (bicyclic) bond motifs is 4. The Labute approximate surface area is 206 Å². The van der Waals surface area contributed by atoms with Gasteiger partial charge in [-0.2, -0.15) is 0 Å². The first-order chi connectivity index (χ1) is 16.8. The lowest BCUT2D eigenvalue weighted by atomic mass is 9.76. The van der Waals surface area contributed by atoms with Crippen molar-refractivity contribution in [3.05, 3.63) is 52.5 Å². The number of hydrogen-bond acceptors (Lipinski definition) is 7. The summed E-state index contributed by atoms with van der Waals surface area (Å²) in [6.45, 7) is 0.762. The molecule has 0 unspecified atom stereocenters. The van der Waals surface area contributed by atoms with Gasteiger partial charge < -0.3 is 20.3 Å². The van der Waals surface area contributed by atoms with Crippen LogP contribution in [0.25, 0.3) is 0 Å². The zero-order chi connectivity index (χ0) is 24.5. The minimum absolute atomic E-state index is 0.164. The van der Waals surface area contributed by atoms with Crippen LogP contribution in [-0.2, 0) is 31.1 Å². The summed E-state index contributed by atoms with van der Waals surface area (Å²) in [4.78, 5) is 42.3. The highest BCUT2D eigenvalue weighted by atomic mass is 35.5. The van der Waals surface area contributed by atoms with E-state index in [1.165, 1.54) is 17.0 Å². The molecule has 10 heteroatoms. The second kappa shape index (κ2) is 7.94. The van der Waals surface area contributed by atoms with E-state index in [2.05, 4.69) is 10.6 Å². The second-order valence-electron chi connectivity index (χ2n) is 9.63. The zero-order valence-corrected chi connectivity index (χ0v) is 19.4. The Hall–Kier alpha value is -3.14. The lowest BCUT2D eigenvalue weighted by Crippen LogP contribution is -2.54. The Bertz CT molecular complexity index is 1260. The van der Waals surface area contributed by atoms with Gasteiger partial charge in [-0.1, -0.05) is 29.8 Å². The lowest BCUT2D eigenvalue weighted by Gasteiger charge is -2.30. The summed E-state index contributed by atoms with van der Waals surface area (Å²) in [5, 5.41) is 26.2. The predicted molar refractivity (Wildman–Crippen MR) is 125 cm³/mol. The average molecular weight is 498 g/mol. The molecule has 9 nitrogen and oxygen atoms in total. The molecule has 4 N–H and O–H groups in total. The van der Waals surface area contributed by atoms with Gasteiger partial charge in [-0.05, 0) is 43.0 Å². The van der Waals surface area contributed by atoms with Gasteiger partial charge in [0.1, 0.15) is 5.54 Å². The molecule has 1 spiro atoms. The molecule has 3 saturated heterocycles. The van der Waals surface area contributed by atoms with Gasteiger partial charge in [0.05, 0.1) is 35.2 Å². The van der Waals surface area contributed by atoms with E-state index < -0.39 is 35.2 Å². The third-order valence-electron chi connectivity index (χ3n) is 7.70. The molecule has 182 valence electrons. The number of para-hydroxylation sites is 1. The molecule has 4 aliphatic heterocycles. The van der Waals surface area contributed by atoms with Crippen LogP contribution < -0.4 is 10.6 Å². The molecule has 0 bridgehead atoms. The van der Waals surface area contributed by atoms with Crippen molar-refractivity contribution in [2.75, 3.05) is 18.5 Å². The highest BCUT2D eigenvalue weighted by Gasteiger charge is 2.70. The topological polar surface area (TPSA) is 128 Å². The Morgan fingerprint density at radius 1 is 1.11 bits per heavy atom. The maximum absolute atomic E-state index is 13.8. The SMILES string of the molecule is O=C1[C@H]2[C@H](Cc3ccc(O)c(O)c3)N[C@@]3(C(=O)Nc4c(Cl)cccc43)[C@H]2C(=O)N1C[C@@H]1CCCO1. The van der Waals surface area contributed by atoms with Crippen LogP contribution in [0, 0.1) is 11.8 Å². The normalized spacial score (nSPS) is 31.3. The number of hydrogen-bond donors (Lipinski definition) is 4. The van der Waals surface area contributed by atoms with E-state index in [1.54, 1.807) is 24.3 Å². The monoisotopic (exact) mass is 497 g/mol. The molecule has 3 fully saturated rings. The molecule has 4 aliphatic rings. The van der Waals surface area contributed by atoms with Crippen LogP contribution in [0.15, 0.2) is 36.4 Å².